The Morgan fingerprint density at radius 1 is 1.10 bits per heavy atom. The van der Waals surface area contributed by atoms with Crippen LogP contribution in [0.5, 0.6) is 11.5 Å². The Morgan fingerprint density at radius 2 is 1.80 bits per heavy atom. The Morgan fingerprint density at radius 3 is 2.35 bits per heavy atom. The SMILES string of the molecule is Nc1cccc(F)c1Oc1ccc(C(F)(F)F)cc1Br. The lowest BCUT2D eigenvalue weighted by Crippen LogP contribution is -2.04. The fourth-order valence-electron chi connectivity index (χ4n) is 1.50. The summed E-state index contributed by atoms with van der Waals surface area (Å²) in [5.41, 5.74) is 4.78. The molecule has 0 fully saturated rings. The van der Waals surface area contributed by atoms with E-state index in [1.807, 2.05) is 0 Å². The zero-order valence-corrected chi connectivity index (χ0v) is 11.4. The summed E-state index contributed by atoms with van der Waals surface area (Å²) in [4.78, 5) is 0. The van der Waals surface area contributed by atoms with E-state index in [1.165, 1.54) is 12.1 Å². The number of hydrogen-bond donors (Lipinski definition) is 1. The number of nitrogens with two attached hydrogens (primary N) is 1. The van der Waals surface area contributed by atoms with Gasteiger partial charge in [-0.25, -0.2) is 4.39 Å². The van der Waals surface area contributed by atoms with Crippen LogP contribution in [-0.4, -0.2) is 0 Å². The van der Waals surface area contributed by atoms with Crippen LogP contribution >= 0.6 is 15.9 Å². The Labute approximate surface area is 120 Å². The van der Waals surface area contributed by atoms with E-state index in [4.69, 9.17) is 10.5 Å². The zero-order valence-electron chi connectivity index (χ0n) is 9.84. The van der Waals surface area contributed by atoms with Gasteiger partial charge in [0.05, 0.1) is 15.7 Å². The summed E-state index contributed by atoms with van der Waals surface area (Å²) in [7, 11) is 0. The van der Waals surface area contributed by atoms with Gasteiger partial charge in [0.25, 0.3) is 0 Å². The molecule has 0 unspecified atom stereocenters. The first-order valence-corrected chi connectivity index (χ1v) is 6.17. The van der Waals surface area contributed by atoms with Crippen molar-refractivity contribution in [2.45, 2.75) is 6.18 Å². The average Bonchev–Trinajstić information content (AvgIpc) is 2.34. The molecule has 0 saturated heterocycles. The molecule has 2 rings (SSSR count). The second kappa shape index (κ2) is 5.32. The largest absolute Gasteiger partial charge is 0.451 e. The number of hydrogen-bond acceptors (Lipinski definition) is 2. The maximum absolute atomic E-state index is 13.5. The van der Waals surface area contributed by atoms with Crippen LogP contribution in [0.3, 0.4) is 0 Å². The van der Waals surface area contributed by atoms with Crippen molar-refractivity contribution in [3.63, 3.8) is 0 Å². The molecule has 0 aliphatic heterocycles. The molecule has 0 spiro atoms. The molecule has 0 aliphatic carbocycles. The van der Waals surface area contributed by atoms with E-state index in [2.05, 4.69) is 15.9 Å². The summed E-state index contributed by atoms with van der Waals surface area (Å²) >= 11 is 2.96. The van der Waals surface area contributed by atoms with Gasteiger partial charge < -0.3 is 10.5 Å². The highest BCUT2D eigenvalue weighted by atomic mass is 79.9. The Balaban J connectivity index is 2.36. The highest BCUT2D eigenvalue weighted by Crippen LogP contribution is 2.38. The van der Waals surface area contributed by atoms with Gasteiger partial charge in [0.15, 0.2) is 11.6 Å². The van der Waals surface area contributed by atoms with Crippen molar-refractivity contribution in [2.24, 2.45) is 0 Å². The Kier molecular flexibility index (Phi) is 3.89. The van der Waals surface area contributed by atoms with Gasteiger partial charge in [0, 0.05) is 0 Å². The molecule has 2 N–H and O–H groups in total. The molecule has 106 valence electrons. The van der Waals surface area contributed by atoms with Crippen LogP contribution in [0.15, 0.2) is 40.9 Å². The van der Waals surface area contributed by atoms with Crippen LogP contribution in [0.2, 0.25) is 0 Å². The summed E-state index contributed by atoms with van der Waals surface area (Å²) in [5, 5.41) is 0. The molecule has 0 radical (unpaired) electrons. The van der Waals surface area contributed by atoms with Crippen molar-refractivity contribution in [3.8, 4) is 11.5 Å². The first-order chi connectivity index (χ1) is 9.29. The highest BCUT2D eigenvalue weighted by molar-refractivity contribution is 9.10. The zero-order chi connectivity index (χ0) is 14.9. The van der Waals surface area contributed by atoms with Gasteiger partial charge in [-0.1, -0.05) is 6.07 Å². The Hall–Kier alpha value is -1.76. The fraction of sp³-hybridized carbons (Fsp3) is 0.0769. The number of halogens is 5. The minimum Gasteiger partial charge on any atom is -0.451 e. The van der Waals surface area contributed by atoms with Crippen molar-refractivity contribution in [2.75, 3.05) is 5.73 Å². The fourth-order valence-corrected chi connectivity index (χ4v) is 1.96. The smallest absolute Gasteiger partial charge is 0.416 e. The van der Waals surface area contributed by atoms with Gasteiger partial charge in [0.2, 0.25) is 0 Å². The van der Waals surface area contributed by atoms with Crippen LogP contribution in [0, 0.1) is 5.82 Å². The predicted molar refractivity (Wildman–Crippen MR) is 70.0 cm³/mol. The predicted octanol–water partition coefficient (Wildman–Crippen LogP) is 4.98. The highest BCUT2D eigenvalue weighted by Gasteiger charge is 2.31. The van der Waals surface area contributed by atoms with Crippen LogP contribution in [0.25, 0.3) is 0 Å². The molecular weight excluding hydrogens is 342 g/mol. The first kappa shape index (κ1) is 14.6. The molecular formula is C13H8BrF4NO. The number of rotatable bonds is 2. The van der Waals surface area contributed by atoms with Gasteiger partial charge >= 0.3 is 6.18 Å². The molecule has 7 heteroatoms. The maximum atomic E-state index is 13.5. The molecule has 0 bridgehead atoms. The van der Waals surface area contributed by atoms with Gasteiger partial charge in [-0.15, -0.1) is 0 Å². The Bertz CT molecular complexity index is 623. The molecule has 0 aliphatic rings. The number of nitrogen functional groups attached to an aromatic ring is 1. The second-order valence-electron chi connectivity index (χ2n) is 3.90. The molecule has 0 heterocycles. The van der Waals surface area contributed by atoms with Gasteiger partial charge in [-0.05, 0) is 46.3 Å². The third kappa shape index (κ3) is 3.04. The molecule has 0 aromatic heterocycles. The summed E-state index contributed by atoms with van der Waals surface area (Å²) in [6.45, 7) is 0. The van der Waals surface area contributed by atoms with Crippen molar-refractivity contribution in [1.82, 2.24) is 0 Å². The lowest BCUT2D eigenvalue weighted by molar-refractivity contribution is -0.137. The third-order valence-electron chi connectivity index (χ3n) is 2.47. The second-order valence-corrected chi connectivity index (χ2v) is 4.76. The molecule has 2 aromatic carbocycles. The van der Waals surface area contributed by atoms with Crippen molar-refractivity contribution in [3.05, 3.63) is 52.3 Å². The van der Waals surface area contributed by atoms with Crippen LogP contribution in [0.1, 0.15) is 5.56 Å². The van der Waals surface area contributed by atoms with Gasteiger partial charge in [-0.3, -0.25) is 0 Å². The summed E-state index contributed by atoms with van der Waals surface area (Å²) in [6.07, 6.45) is -4.46. The summed E-state index contributed by atoms with van der Waals surface area (Å²) in [6, 6.07) is 6.77. The summed E-state index contributed by atoms with van der Waals surface area (Å²) in [5.74, 6) is -0.889. The molecule has 2 aromatic rings. The van der Waals surface area contributed by atoms with Crippen LogP contribution < -0.4 is 10.5 Å². The lowest BCUT2D eigenvalue weighted by Gasteiger charge is -2.13. The number of ether oxygens (including phenoxy) is 1. The standard InChI is InChI=1S/C13H8BrF4NO/c14-8-6-7(13(16,17)18)4-5-11(8)20-12-9(15)2-1-3-10(12)19/h1-6H,19H2. The van der Waals surface area contributed by atoms with E-state index in [-0.39, 0.29) is 21.7 Å². The average molecular weight is 350 g/mol. The number of anilines is 1. The monoisotopic (exact) mass is 349 g/mol. The quantitative estimate of drug-likeness (QED) is 0.612. The van der Waals surface area contributed by atoms with E-state index in [0.717, 1.165) is 24.3 Å². The minimum atomic E-state index is -4.46. The van der Waals surface area contributed by atoms with E-state index in [0.29, 0.717) is 0 Å². The topological polar surface area (TPSA) is 35.2 Å². The van der Waals surface area contributed by atoms with Crippen LogP contribution in [-0.2, 0) is 6.18 Å². The molecule has 20 heavy (non-hydrogen) atoms. The molecule has 0 amide bonds. The first-order valence-electron chi connectivity index (χ1n) is 5.37. The minimum absolute atomic E-state index is 0.0369. The lowest BCUT2D eigenvalue weighted by atomic mass is 10.2. The maximum Gasteiger partial charge on any atom is 0.416 e. The summed E-state index contributed by atoms with van der Waals surface area (Å²) < 4.78 is 56.4. The number of para-hydroxylation sites is 1. The van der Waals surface area contributed by atoms with E-state index in [9.17, 15) is 17.6 Å². The third-order valence-corrected chi connectivity index (χ3v) is 3.09. The number of benzene rings is 2. The van der Waals surface area contributed by atoms with Gasteiger partial charge in [-0.2, -0.15) is 13.2 Å². The normalized spacial score (nSPS) is 11.4. The van der Waals surface area contributed by atoms with Crippen molar-refractivity contribution >= 4 is 21.6 Å². The van der Waals surface area contributed by atoms with Crippen molar-refractivity contribution in [1.29, 1.82) is 0 Å². The molecule has 2 nitrogen and oxygen atoms in total. The number of alkyl halides is 3. The molecule has 0 atom stereocenters. The van der Waals surface area contributed by atoms with E-state index < -0.39 is 17.6 Å². The van der Waals surface area contributed by atoms with Crippen molar-refractivity contribution < 1.29 is 22.3 Å². The van der Waals surface area contributed by atoms with Crippen LogP contribution in [0.4, 0.5) is 23.2 Å². The van der Waals surface area contributed by atoms with Gasteiger partial charge in [0.1, 0.15) is 5.75 Å². The van der Waals surface area contributed by atoms with E-state index in [1.54, 1.807) is 0 Å². The van der Waals surface area contributed by atoms with E-state index >= 15 is 0 Å². The molecule has 0 saturated carbocycles.